The Hall–Kier alpha value is 0.139. The Kier molecular flexibility index (Phi) is 5.97. The van der Waals surface area contributed by atoms with Gasteiger partial charge in [-0.3, -0.25) is 0 Å². The molecule has 0 spiro atoms. The first-order valence-corrected chi connectivity index (χ1v) is 4.92. The topological polar surface area (TPSA) is 49.7 Å². The molecule has 0 fully saturated rings. The average Bonchev–Trinajstić information content (AvgIpc) is 1.89. The Morgan fingerprint density at radius 1 is 1.90 bits per heavy atom. The van der Waals surface area contributed by atoms with Gasteiger partial charge in [-0.25, -0.2) is 0 Å². The summed E-state index contributed by atoms with van der Waals surface area (Å²) in [5.41, 5.74) is 0. The van der Waals surface area contributed by atoms with E-state index in [2.05, 4.69) is 19.8 Å². The van der Waals surface area contributed by atoms with Gasteiger partial charge in [-0.2, -0.15) is 0 Å². The fourth-order valence-corrected chi connectivity index (χ4v) is 1.32. The Balaban J connectivity index is 3.60. The van der Waals surface area contributed by atoms with Crippen LogP contribution < -0.4 is 0 Å². The zero-order valence-corrected chi connectivity index (χ0v) is 8.14. The average molecular weight is 226 g/mol. The predicted molar refractivity (Wildman–Crippen MR) is 42.6 cm³/mol. The van der Waals surface area contributed by atoms with Gasteiger partial charge < -0.3 is 0 Å². The summed E-state index contributed by atoms with van der Waals surface area (Å²) in [6.07, 6.45) is 2.54. The molecule has 0 aromatic rings. The van der Waals surface area contributed by atoms with E-state index >= 15 is 0 Å². The third-order valence-electron chi connectivity index (χ3n) is 1.01. The van der Waals surface area contributed by atoms with E-state index in [-0.39, 0.29) is 0 Å². The number of carboxylic acid groups (broad SMARTS) is 1. The van der Waals surface area contributed by atoms with Crippen LogP contribution in [-0.2, 0) is 4.79 Å². The molecule has 0 aliphatic heterocycles. The first-order valence-electron chi connectivity index (χ1n) is 2.76. The molecule has 1 N–H and O–H groups in total. The van der Waals surface area contributed by atoms with Gasteiger partial charge in [0.2, 0.25) is 0 Å². The van der Waals surface area contributed by atoms with Gasteiger partial charge in [0.05, 0.1) is 0 Å². The molecule has 0 rings (SSSR count). The maximum absolute atomic E-state index is 10.3. The molecule has 0 saturated carbocycles. The van der Waals surface area contributed by atoms with Crippen LogP contribution in [0.4, 0.5) is 0 Å². The van der Waals surface area contributed by atoms with Crippen molar-refractivity contribution in [2.24, 2.45) is 3.96 Å². The molecule has 0 aromatic heterocycles. The molecule has 1 atom stereocenters. The van der Waals surface area contributed by atoms with E-state index in [1.165, 1.54) is 0 Å². The van der Waals surface area contributed by atoms with Gasteiger partial charge in [-0.05, 0) is 0 Å². The molecular weight excluding hydrogens is 217 g/mol. The van der Waals surface area contributed by atoms with Crippen LogP contribution in [0.1, 0.15) is 6.42 Å². The SMILES string of the molecule is CSCCC(N=[Se])C(=O)O. The molecule has 0 heterocycles. The van der Waals surface area contributed by atoms with Crippen LogP contribution in [0.15, 0.2) is 3.96 Å². The minimum absolute atomic E-state index is 0.563. The van der Waals surface area contributed by atoms with E-state index < -0.39 is 12.0 Å². The van der Waals surface area contributed by atoms with Crippen molar-refractivity contribution in [3.8, 4) is 0 Å². The molecule has 0 saturated heterocycles. The summed E-state index contributed by atoms with van der Waals surface area (Å²) in [5, 5.41) is 8.48. The van der Waals surface area contributed by atoms with Crippen molar-refractivity contribution in [2.45, 2.75) is 12.5 Å². The number of hydrogen-bond acceptors (Lipinski definition) is 3. The quantitative estimate of drug-likeness (QED) is 0.696. The zero-order chi connectivity index (χ0) is 7.98. The molecule has 5 heteroatoms. The third kappa shape index (κ3) is 4.04. The maximum atomic E-state index is 10.3. The van der Waals surface area contributed by atoms with Gasteiger partial charge in [0.25, 0.3) is 0 Å². The molecule has 0 amide bonds. The monoisotopic (exact) mass is 227 g/mol. The van der Waals surface area contributed by atoms with Crippen molar-refractivity contribution in [1.82, 2.24) is 0 Å². The van der Waals surface area contributed by atoms with Crippen molar-refractivity contribution in [3.63, 3.8) is 0 Å². The van der Waals surface area contributed by atoms with Crippen molar-refractivity contribution in [1.29, 1.82) is 0 Å². The van der Waals surface area contributed by atoms with Gasteiger partial charge in [0, 0.05) is 0 Å². The fourth-order valence-electron chi connectivity index (χ4n) is 0.451. The van der Waals surface area contributed by atoms with Crippen molar-refractivity contribution < 1.29 is 9.90 Å². The van der Waals surface area contributed by atoms with Gasteiger partial charge in [-0.1, -0.05) is 0 Å². The number of carbonyl (C=O) groups is 1. The van der Waals surface area contributed by atoms with Gasteiger partial charge in [-0.15, -0.1) is 0 Å². The number of aliphatic carboxylic acids is 1. The molecule has 0 aromatic carbocycles. The third-order valence-corrected chi connectivity index (χ3v) is 2.19. The second kappa shape index (κ2) is 5.89. The molecule has 0 aliphatic rings. The van der Waals surface area contributed by atoms with E-state index in [9.17, 15) is 4.79 Å². The summed E-state index contributed by atoms with van der Waals surface area (Å²) >= 11 is 3.99. The Bertz CT molecular complexity index is 131. The van der Waals surface area contributed by atoms with Crippen LogP contribution in [0.3, 0.4) is 0 Å². The molecular formula is C5H9NO2SSe. The van der Waals surface area contributed by atoms with Crippen molar-refractivity contribution in [2.75, 3.05) is 12.0 Å². The van der Waals surface area contributed by atoms with Crippen LogP contribution in [0.25, 0.3) is 0 Å². The first kappa shape index (κ1) is 10.1. The summed E-state index contributed by atoms with van der Waals surface area (Å²) < 4.78 is 3.59. The number of rotatable bonds is 5. The van der Waals surface area contributed by atoms with Gasteiger partial charge in [0.1, 0.15) is 0 Å². The normalized spacial score (nSPS) is 12.5. The van der Waals surface area contributed by atoms with E-state index in [1.807, 2.05) is 6.26 Å². The molecule has 0 bridgehead atoms. The number of thioether (sulfide) groups is 1. The Morgan fingerprint density at radius 3 is 2.80 bits per heavy atom. The Labute approximate surface area is 72.2 Å². The van der Waals surface area contributed by atoms with E-state index in [4.69, 9.17) is 5.11 Å². The standard InChI is InChI=1S/C5H9NO2SSe/c1-9-3-2-4(6-10)5(7)8/h4H,2-3H2,1H3,(H,7,8). The molecule has 10 heavy (non-hydrogen) atoms. The van der Waals surface area contributed by atoms with Crippen LogP contribution in [0.2, 0.25) is 0 Å². The second-order valence-corrected chi connectivity index (χ2v) is 3.17. The molecule has 3 nitrogen and oxygen atoms in total. The summed E-state index contributed by atoms with van der Waals surface area (Å²) in [6.45, 7) is 0. The number of carboxylic acids is 1. The fraction of sp³-hybridized carbons (Fsp3) is 0.800. The van der Waals surface area contributed by atoms with Gasteiger partial charge >= 0.3 is 71.9 Å². The first-order chi connectivity index (χ1) is 4.72. The zero-order valence-electron chi connectivity index (χ0n) is 5.61. The van der Waals surface area contributed by atoms with Crippen LogP contribution in [0, 0.1) is 0 Å². The summed E-state index contributed by atoms with van der Waals surface area (Å²) in [4.78, 5) is 10.3. The Morgan fingerprint density at radius 2 is 2.50 bits per heavy atom. The minimum atomic E-state index is -0.854. The van der Waals surface area contributed by atoms with Crippen molar-refractivity contribution >= 4 is 33.5 Å². The molecule has 0 aliphatic carbocycles. The summed E-state index contributed by atoms with van der Waals surface area (Å²) in [5.74, 6) is -0.0184. The molecule has 0 radical (unpaired) electrons. The number of hydrogen-bond donors (Lipinski definition) is 1. The summed E-state index contributed by atoms with van der Waals surface area (Å²) in [6, 6.07) is -0.563. The van der Waals surface area contributed by atoms with E-state index in [0.29, 0.717) is 6.42 Å². The van der Waals surface area contributed by atoms with Crippen LogP contribution in [0.5, 0.6) is 0 Å². The van der Waals surface area contributed by atoms with Crippen LogP contribution in [-0.4, -0.2) is 44.9 Å². The van der Waals surface area contributed by atoms with Gasteiger partial charge in [0.15, 0.2) is 0 Å². The number of nitrogens with zero attached hydrogens (tertiary/aromatic N) is 1. The summed E-state index contributed by atoms with van der Waals surface area (Å²) in [7, 11) is 0. The van der Waals surface area contributed by atoms with E-state index in [1.54, 1.807) is 11.8 Å². The molecule has 58 valence electrons. The van der Waals surface area contributed by atoms with Crippen molar-refractivity contribution in [3.05, 3.63) is 0 Å². The second-order valence-electron chi connectivity index (χ2n) is 1.74. The van der Waals surface area contributed by atoms with E-state index in [0.717, 1.165) is 5.75 Å². The van der Waals surface area contributed by atoms with Crippen LogP contribution >= 0.6 is 11.8 Å². The molecule has 1 unspecified atom stereocenters. The predicted octanol–water partition coefficient (Wildman–Crippen LogP) is 0.545.